The molecule has 0 spiro atoms. The quantitative estimate of drug-likeness (QED) is 0.350. The fraction of sp³-hybridized carbons (Fsp3) is 0.154. The van der Waals surface area contributed by atoms with Gasteiger partial charge in [-0.05, 0) is 41.8 Å². The maximum Gasteiger partial charge on any atom is 0.416 e. The number of hydrogen-bond donors (Lipinski definition) is 1. The van der Waals surface area contributed by atoms with E-state index in [0.29, 0.717) is 16.9 Å². The molecule has 1 N–H and O–H groups in total. The lowest BCUT2D eigenvalue weighted by molar-refractivity contribution is -0.137. The zero-order valence-corrected chi connectivity index (χ0v) is 19.2. The van der Waals surface area contributed by atoms with Crippen LogP contribution < -0.4 is 5.32 Å². The van der Waals surface area contributed by atoms with Gasteiger partial charge < -0.3 is 5.32 Å². The minimum absolute atomic E-state index is 0.0611. The molecule has 0 fully saturated rings. The van der Waals surface area contributed by atoms with Crippen molar-refractivity contribution in [3.8, 4) is 11.1 Å². The fourth-order valence-corrected chi connectivity index (χ4v) is 4.13. The Morgan fingerprint density at radius 3 is 2.64 bits per heavy atom. The van der Waals surface area contributed by atoms with E-state index in [-0.39, 0.29) is 19.0 Å². The van der Waals surface area contributed by atoms with Crippen LogP contribution in [0, 0.1) is 6.92 Å². The number of pyridine rings is 1. The largest absolute Gasteiger partial charge is 0.416 e. The Labute approximate surface area is 204 Å². The van der Waals surface area contributed by atoms with E-state index in [1.54, 1.807) is 23.1 Å². The smallest absolute Gasteiger partial charge is 0.322 e. The summed E-state index contributed by atoms with van der Waals surface area (Å²) in [5.74, 6) is -0.329. The summed E-state index contributed by atoms with van der Waals surface area (Å²) in [4.78, 5) is 17.2. The lowest BCUT2D eigenvalue weighted by Crippen LogP contribution is -2.19. The molecule has 7 nitrogen and oxygen atoms in total. The standard InChI is InChI=1S/C26H21F3N6O/c1-17-24-22(19-7-3-2-4-8-19)10-11-30-25(24)35(33-17)16-23(36)32-21-13-31-34(15-21)14-18-6-5-9-20(12-18)26(27,28)29/h2-13,15H,14,16H2,1H3,(H,32,36). The minimum atomic E-state index is -4.41. The number of benzene rings is 2. The molecular formula is C26H21F3N6O. The number of nitrogens with one attached hydrogen (secondary N) is 1. The molecule has 0 aliphatic heterocycles. The maximum absolute atomic E-state index is 13.0. The predicted octanol–water partition coefficient (Wildman–Crippen LogP) is 5.31. The van der Waals surface area contributed by atoms with Crippen molar-refractivity contribution in [3.05, 3.63) is 96.1 Å². The number of nitrogens with zero attached hydrogens (tertiary/aromatic N) is 5. The second-order valence-electron chi connectivity index (χ2n) is 8.34. The van der Waals surface area contributed by atoms with Crippen molar-refractivity contribution < 1.29 is 18.0 Å². The van der Waals surface area contributed by atoms with Crippen LogP contribution in [0.15, 0.2) is 79.3 Å². The third-order valence-electron chi connectivity index (χ3n) is 5.70. The molecule has 0 saturated heterocycles. The summed E-state index contributed by atoms with van der Waals surface area (Å²) in [6.07, 6.45) is 0.295. The molecule has 0 radical (unpaired) electrons. The van der Waals surface area contributed by atoms with Crippen LogP contribution in [0.25, 0.3) is 22.2 Å². The molecule has 0 saturated carbocycles. The zero-order chi connectivity index (χ0) is 25.3. The lowest BCUT2D eigenvalue weighted by atomic mass is 10.0. The van der Waals surface area contributed by atoms with E-state index >= 15 is 0 Å². The maximum atomic E-state index is 13.0. The van der Waals surface area contributed by atoms with E-state index in [2.05, 4.69) is 20.5 Å². The van der Waals surface area contributed by atoms with Crippen LogP contribution >= 0.6 is 0 Å². The van der Waals surface area contributed by atoms with Gasteiger partial charge in [0.2, 0.25) is 5.91 Å². The number of hydrogen-bond acceptors (Lipinski definition) is 4. The van der Waals surface area contributed by atoms with Crippen LogP contribution in [0.4, 0.5) is 18.9 Å². The molecule has 36 heavy (non-hydrogen) atoms. The number of carbonyl (C=O) groups excluding carboxylic acids is 1. The van der Waals surface area contributed by atoms with Gasteiger partial charge in [0.15, 0.2) is 5.65 Å². The van der Waals surface area contributed by atoms with Gasteiger partial charge in [-0.2, -0.15) is 23.4 Å². The number of fused-ring (bicyclic) bond motifs is 1. The molecule has 0 unspecified atom stereocenters. The molecule has 182 valence electrons. The van der Waals surface area contributed by atoms with E-state index in [4.69, 9.17) is 0 Å². The Kier molecular flexibility index (Phi) is 6.01. The van der Waals surface area contributed by atoms with E-state index in [1.807, 2.05) is 43.3 Å². The van der Waals surface area contributed by atoms with E-state index in [0.717, 1.165) is 34.3 Å². The molecule has 5 aromatic rings. The van der Waals surface area contributed by atoms with Crippen molar-refractivity contribution in [3.63, 3.8) is 0 Å². The highest BCUT2D eigenvalue weighted by Crippen LogP contribution is 2.30. The molecule has 1 amide bonds. The van der Waals surface area contributed by atoms with Gasteiger partial charge in [0, 0.05) is 17.8 Å². The monoisotopic (exact) mass is 490 g/mol. The molecule has 5 rings (SSSR count). The molecular weight excluding hydrogens is 469 g/mol. The third-order valence-corrected chi connectivity index (χ3v) is 5.70. The predicted molar refractivity (Wildman–Crippen MR) is 129 cm³/mol. The minimum Gasteiger partial charge on any atom is -0.322 e. The van der Waals surface area contributed by atoms with Crippen molar-refractivity contribution in [1.29, 1.82) is 0 Å². The fourth-order valence-electron chi connectivity index (χ4n) is 4.13. The molecule has 0 atom stereocenters. The summed E-state index contributed by atoms with van der Waals surface area (Å²) < 4.78 is 41.9. The van der Waals surface area contributed by atoms with Gasteiger partial charge in [-0.15, -0.1) is 0 Å². The van der Waals surface area contributed by atoms with Crippen LogP contribution in [-0.4, -0.2) is 30.5 Å². The Balaban J connectivity index is 1.30. The average Bonchev–Trinajstić information content (AvgIpc) is 3.42. The van der Waals surface area contributed by atoms with E-state index in [1.165, 1.54) is 16.9 Å². The number of aryl methyl sites for hydroxylation is 1. The van der Waals surface area contributed by atoms with Crippen LogP contribution in [-0.2, 0) is 24.1 Å². The van der Waals surface area contributed by atoms with Crippen molar-refractivity contribution >= 4 is 22.6 Å². The number of aromatic nitrogens is 5. The van der Waals surface area contributed by atoms with Gasteiger partial charge >= 0.3 is 6.18 Å². The first-order valence-corrected chi connectivity index (χ1v) is 11.1. The molecule has 3 heterocycles. The summed E-state index contributed by atoms with van der Waals surface area (Å²) in [5, 5.41) is 12.3. The van der Waals surface area contributed by atoms with Crippen molar-refractivity contribution in [2.45, 2.75) is 26.2 Å². The summed E-state index contributed by atoms with van der Waals surface area (Å²) in [6, 6.07) is 16.9. The number of carbonyl (C=O) groups is 1. The van der Waals surface area contributed by atoms with Crippen molar-refractivity contribution in [1.82, 2.24) is 24.5 Å². The summed E-state index contributed by atoms with van der Waals surface area (Å²) in [6.45, 7) is 1.95. The van der Waals surface area contributed by atoms with Gasteiger partial charge in [0.25, 0.3) is 0 Å². The first-order valence-electron chi connectivity index (χ1n) is 11.1. The molecule has 10 heteroatoms. The Morgan fingerprint density at radius 2 is 1.86 bits per heavy atom. The van der Waals surface area contributed by atoms with Crippen LogP contribution in [0.5, 0.6) is 0 Å². The average molecular weight is 490 g/mol. The van der Waals surface area contributed by atoms with Gasteiger partial charge in [0.05, 0.1) is 29.7 Å². The zero-order valence-electron chi connectivity index (χ0n) is 19.2. The van der Waals surface area contributed by atoms with Gasteiger partial charge in [-0.25, -0.2) is 9.67 Å². The van der Waals surface area contributed by atoms with Crippen molar-refractivity contribution in [2.24, 2.45) is 0 Å². The van der Waals surface area contributed by atoms with Gasteiger partial charge in [0.1, 0.15) is 6.54 Å². The van der Waals surface area contributed by atoms with Gasteiger partial charge in [-0.3, -0.25) is 9.48 Å². The van der Waals surface area contributed by atoms with Crippen LogP contribution in [0.3, 0.4) is 0 Å². The van der Waals surface area contributed by atoms with E-state index in [9.17, 15) is 18.0 Å². The number of halogens is 3. The normalized spacial score (nSPS) is 11.7. The summed E-state index contributed by atoms with van der Waals surface area (Å²) >= 11 is 0. The van der Waals surface area contributed by atoms with Crippen LogP contribution in [0.1, 0.15) is 16.8 Å². The SMILES string of the molecule is Cc1nn(CC(=O)Nc2cnn(Cc3cccc(C(F)(F)F)c3)c2)c2nccc(-c3ccccc3)c12. The number of amides is 1. The Morgan fingerprint density at radius 1 is 1.06 bits per heavy atom. The topological polar surface area (TPSA) is 77.6 Å². The molecule has 0 aliphatic carbocycles. The number of rotatable bonds is 6. The highest BCUT2D eigenvalue weighted by molar-refractivity contribution is 5.96. The summed E-state index contributed by atoms with van der Waals surface area (Å²) in [5.41, 5.74) is 3.54. The molecule has 2 aromatic carbocycles. The van der Waals surface area contributed by atoms with Crippen LogP contribution in [0.2, 0.25) is 0 Å². The first kappa shape index (κ1) is 23.3. The lowest BCUT2D eigenvalue weighted by Gasteiger charge is -2.08. The second kappa shape index (κ2) is 9.29. The molecule has 3 aromatic heterocycles. The second-order valence-corrected chi connectivity index (χ2v) is 8.34. The highest BCUT2D eigenvalue weighted by Gasteiger charge is 2.30. The van der Waals surface area contributed by atoms with E-state index < -0.39 is 11.7 Å². The summed E-state index contributed by atoms with van der Waals surface area (Å²) in [7, 11) is 0. The number of anilines is 1. The first-order chi connectivity index (χ1) is 17.3. The third kappa shape index (κ3) is 4.83. The van der Waals surface area contributed by atoms with Crippen molar-refractivity contribution in [2.75, 3.05) is 5.32 Å². The molecule has 0 aliphatic rings. The molecule has 0 bridgehead atoms. The highest BCUT2D eigenvalue weighted by atomic mass is 19.4. The van der Waals surface area contributed by atoms with Gasteiger partial charge in [-0.1, -0.05) is 42.5 Å². The Hall–Kier alpha value is -4.47. The Bertz CT molecular complexity index is 1540. The number of alkyl halides is 3.